The van der Waals surface area contributed by atoms with Crippen LogP contribution in [0.3, 0.4) is 0 Å². The Balaban J connectivity index is 0.000000960. The summed E-state index contributed by atoms with van der Waals surface area (Å²) < 4.78 is 32.8. The topological polar surface area (TPSA) is 54.4 Å². The molecule has 0 aliphatic heterocycles. The van der Waals surface area contributed by atoms with Gasteiger partial charge in [0.15, 0.2) is 0 Å². The first-order chi connectivity index (χ1) is 9.97. The third kappa shape index (κ3) is 2.11. The van der Waals surface area contributed by atoms with Gasteiger partial charge in [0.25, 0.3) is 10.1 Å². The van der Waals surface area contributed by atoms with Gasteiger partial charge in [0, 0.05) is 5.39 Å². The van der Waals surface area contributed by atoms with Gasteiger partial charge in [-0.2, -0.15) is 8.42 Å². The summed E-state index contributed by atoms with van der Waals surface area (Å²) in [6.45, 7) is 0. The molecule has 6 heteroatoms. The Hall–Kier alpha value is -1.28. The summed E-state index contributed by atoms with van der Waals surface area (Å²) in [4.78, 5) is -0.227. The van der Waals surface area contributed by atoms with Gasteiger partial charge in [-0.3, -0.25) is 4.55 Å². The van der Waals surface area contributed by atoms with E-state index in [1.807, 2.05) is 36.4 Å². The third-order valence-corrected chi connectivity index (χ3v) is 5.18. The normalized spacial score (nSPS) is 12.1. The van der Waals surface area contributed by atoms with Crippen molar-refractivity contribution in [2.45, 2.75) is 4.90 Å². The minimum Gasteiger partial charge on any atom is -1.00 e. The van der Waals surface area contributed by atoms with E-state index in [4.69, 9.17) is 11.6 Å². The predicted molar refractivity (Wildman–Crippen MR) is 86.1 cm³/mol. The zero-order chi connectivity index (χ0) is 14.8. The van der Waals surface area contributed by atoms with Crippen LogP contribution in [0.1, 0.15) is 1.43 Å². The van der Waals surface area contributed by atoms with E-state index in [0.29, 0.717) is 5.39 Å². The molecule has 4 rings (SSSR count). The molecule has 4 aromatic rings. The molecule has 0 saturated carbocycles. The smallest absolute Gasteiger partial charge is 1.00 e. The van der Waals surface area contributed by atoms with Gasteiger partial charge in [-0.15, -0.1) is 0 Å². The van der Waals surface area contributed by atoms with E-state index in [1.165, 1.54) is 0 Å². The second-order valence-electron chi connectivity index (χ2n) is 5.02. The molecule has 0 spiro atoms. The minimum absolute atomic E-state index is 0. The van der Waals surface area contributed by atoms with Crippen molar-refractivity contribution >= 4 is 54.0 Å². The molecular formula is C16H10ClLiO3S. The molecule has 106 valence electrons. The molecule has 0 radical (unpaired) electrons. The molecule has 0 saturated heterocycles. The SMILES string of the molecule is O=S(=O)(O)c1c(Cl)cc2ccc3cccc4ccc1c2c34.[H-].[Li+]. The van der Waals surface area contributed by atoms with Crippen LogP contribution in [-0.2, 0) is 10.1 Å². The van der Waals surface area contributed by atoms with Crippen LogP contribution in [0.5, 0.6) is 0 Å². The number of hydrogen-bond acceptors (Lipinski definition) is 2. The van der Waals surface area contributed by atoms with Gasteiger partial charge in [-0.1, -0.05) is 54.1 Å². The number of benzene rings is 4. The molecule has 0 aliphatic carbocycles. The van der Waals surface area contributed by atoms with E-state index < -0.39 is 10.1 Å². The van der Waals surface area contributed by atoms with E-state index in [0.717, 1.165) is 26.9 Å². The molecule has 0 aromatic heterocycles. The summed E-state index contributed by atoms with van der Waals surface area (Å²) >= 11 is 6.07. The maximum absolute atomic E-state index is 11.7. The van der Waals surface area contributed by atoms with E-state index in [-0.39, 0.29) is 30.2 Å². The van der Waals surface area contributed by atoms with Crippen LogP contribution in [-0.4, -0.2) is 13.0 Å². The third-order valence-electron chi connectivity index (χ3n) is 3.81. The van der Waals surface area contributed by atoms with Gasteiger partial charge < -0.3 is 1.43 Å². The van der Waals surface area contributed by atoms with Crippen LogP contribution >= 0.6 is 11.6 Å². The van der Waals surface area contributed by atoms with E-state index in [2.05, 4.69) is 0 Å². The first kappa shape index (κ1) is 15.6. The van der Waals surface area contributed by atoms with Crippen molar-refractivity contribution in [1.82, 2.24) is 0 Å². The Morgan fingerprint density at radius 2 is 1.50 bits per heavy atom. The van der Waals surface area contributed by atoms with Crippen LogP contribution < -0.4 is 18.9 Å². The van der Waals surface area contributed by atoms with Gasteiger partial charge >= 0.3 is 18.9 Å². The number of halogens is 1. The fraction of sp³-hybridized carbons (Fsp3) is 0. The van der Waals surface area contributed by atoms with E-state index in [9.17, 15) is 13.0 Å². The van der Waals surface area contributed by atoms with Crippen LogP contribution in [0.4, 0.5) is 0 Å². The molecule has 0 atom stereocenters. The maximum atomic E-state index is 11.7. The van der Waals surface area contributed by atoms with Crippen molar-refractivity contribution in [2.24, 2.45) is 0 Å². The fourth-order valence-electron chi connectivity index (χ4n) is 3.01. The molecule has 0 heterocycles. The molecule has 3 nitrogen and oxygen atoms in total. The van der Waals surface area contributed by atoms with E-state index in [1.54, 1.807) is 12.1 Å². The van der Waals surface area contributed by atoms with Crippen molar-refractivity contribution in [3.8, 4) is 0 Å². The second kappa shape index (κ2) is 5.12. The number of hydrogen-bond donors (Lipinski definition) is 1. The Morgan fingerprint density at radius 1 is 0.909 bits per heavy atom. The first-order valence-corrected chi connectivity index (χ1v) is 8.12. The first-order valence-electron chi connectivity index (χ1n) is 6.30. The van der Waals surface area contributed by atoms with Crippen LogP contribution in [0.25, 0.3) is 32.3 Å². The minimum atomic E-state index is -4.39. The van der Waals surface area contributed by atoms with Gasteiger partial charge in [0.2, 0.25) is 0 Å². The summed E-state index contributed by atoms with van der Waals surface area (Å²) in [6, 6.07) is 14.9. The standard InChI is InChI=1S/C16H9ClO3S.Li.H/c17-13-8-11-5-4-9-2-1-3-10-6-7-12(15(11)14(9)10)16(13)21(18,19)20;;/h1-8H,(H,18,19,20);;/q;+1;-1. The average Bonchev–Trinajstić information content (AvgIpc) is 2.42. The van der Waals surface area contributed by atoms with Crippen LogP contribution in [0, 0.1) is 0 Å². The molecular weight excluding hydrogens is 315 g/mol. The molecule has 22 heavy (non-hydrogen) atoms. The Morgan fingerprint density at radius 3 is 2.14 bits per heavy atom. The van der Waals surface area contributed by atoms with Crippen molar-refractivity contribution in [3.63, 3.8) is 0 Å². The monoisotopic (exact) mass is 324 g/mol. The Kier molecular flexibility index (Phi) is 3.63. The molecule has 1 N–H and O–H groups in total. The van der Waals surface area contributed by atoms with Gasteiger partial charge in [0.05, 0.1) is 5.02 Å². The molecule has 0 aliphatic rings. The van der Waals surface area contributed by atoms with Crippen molar-refractivity contribution in [2.75, 3.05) is 0 Å². The summed E-state index contributed by atoms with van der Waals surface area (Å²) in [5.74, 6) is 0. The maximum Gasteiger partial charge on any atom is 1.00 e. The quantitative estimate of drug-likeness (QED) is 0.329. The van der Waals surface area contributed by atoms with Gasteiger partial charge in [-0.05, 0) is 33.0 Å². The largest absolute Gasteiger partial charge is 1.00 e. The fourth-order valence-corrected chi connectivity index (χ4v) is 4.28. The van der Waals surface area contributed by atoms with Gasteiger partial charge in [-0.25, -0.2) is 0 Å². The average molecular weight is 325 g/mol. The molecule has 0 bridgehead atoms. The second-order valence-corrected chi connectivity index (χ2v) is 6.78. The molecule has 0 amide bonds. The summed E-state index contributed by atoms with van der Waals surface area (Å²) in [6.07, 6.45) is 0. The summed E-state index contributed by atoms with van der Waals surface area (Å²) in [7, 11) is -4.39. The summed E-state index contributed by atoms with van der Waals surface area (Å²) in [5, 5.41) is 5.17. The molecule has 0 fully saturated rings. The zero-order valence-corrected chi connectivity index (χ0v) is 13.2. The summed E-state index contributed by atoms with van der Waals surface area (Å²) in [5.41, 5.74) is 0. The predicted octanol–water partition coefficient (Wildman–Crippen LogP) is 1.60. The molecule has 4 aromatic carbocycles. The Labute approximate surface area is 145 Å². The van der Waals surface area contributed by atoms with E-state index >= 15 is 0 Å². The van der Waals surface area contributed by atoms with Crippen molar-refractivity contribution in [1.29, 1.82) is 0 Å². The number of rotatable bonds is 1. The van der Waals surface area contributed by atoms with Crippen LogP contribution in [0.2, 0.25) is 5.02 Å². The van der Waals surface area contributed by atoms with Gasteiger partial charge in [0.1, 0.15) is 4.90 Å². The molecule has 0 unspecified atom stereocenters. The van der Waals surface area contributed by atoms with Crippen LogP contribution in [0.15, 0.2) is 53.4 Å². The van der Waals surface area contributed by atoms with Crippen molar-refractivity contribution in [3.05, 3.63) is 53.6 Å². The zero-order valence-electron chi connectivity index (χ0n) is 12.7. The van der Waals surface area contributed by atoms with Crippen molar-refractivity contribution < 1.29 is 33.3 Å². The Bertz CT molecular complexity index is 1110.